The number of aromatic amines is 1. The Morgan fingerprint density at radius 2 is 2.28 bits per heavy atom. The molecule has 4 N–H and O–H groups in total. The average Bonchev–Trinajstić information content (AvgIpc) is 3.09. The molecule has 0 aliphatic heterocycles. The monoisotopic (exact) mass is 243 g/mol. The molecule has 0 radical (unpaired) electrons. The van der Waals surface area contributed by atoms with Crippen LogP contribution in [-0.4, -0.2) is 16.9 Å². The topological polar surface area (TPSA) is 70.9 Å². The first-order chi connectivity index (χ1) is 8.65. The lowest BCUT2D eigenvalue weighted by Crippen LogP contribution is -2.33. The summed E-state index contributed by atoms with van der Waals surface area (Å²) in [4.78, 5) is 15.3. The summed E-state index contributed by atoms with van der Waals surface area (Å²) in [5, 5.41) is 3.98. The van der Waals surface area contributed by atoms with Crippen molar-refractivity contribution in [1.82, 2.24) is 10.3 Å². The van der Waals surface area contributed by atoms with Gasteiger partial charge in [-0.3, -0.25) is 4.79 Å². The molecule has 1 saturated carbocycles. The molecule has 1 amide bonds. The first-order valence-corrected chi connectivity index (χ1v) is 6.32. The number of carbonyl (C=O) groups is 1. The Bertz CT molecular complexity index is 598. The zero-order valence-corrected chi connectivity index (χ0v) is 10.4. The van der Waals surface area contributed by atoms with E-state index in [0.717, 1.165) is 10.9 Å². The van der Waals surface area contributed by atoms with Crippen LogP contribution >= 0.6 is 0 Å². The van der Waals surface area contributed by atoms with Crippen LogP contribution in [0.15, 0.2) is 24.4 Å². The van der Waals surface area contributed by atoms with E-state index in [1.54, 1.807) is 6.20 Å². The van der Waals surface area contributed by atoms with E-state index in [2.05, 4.69) is 17.2 Å². The number of nitrogens with two attached hydrogens (primary N) is 1. The van der Waals surface area contributed by atoms with E-state index in [9.17, 15) is 4.79 Å². The van der Waals surface area contributed by atoms with Gasteiger partial charge in [-0.05, 0) is 43.9 Å². The molecule has 0 bridgehead atoms. The Morgan fingerprint density at radius 3 is 3.00 bits per heavy atom. The Hall–Kier alpha value is -1.97. The first-order valence-electron chi connectivity index (χ1n) is 6.32. The highest BCUT2D eigenvalue weighted by molar-refractivity contribution is 6.07. The van der Waals surface area contributed by atoms with Crippen LogP contribution in [0.5, 0.6) is 0 Å². The van der Waals surface area contributed by atoms with E-state index in [4.69, 9.17) is 5.73 Å². The molecule has 1 aliphatic rings. The molecule has 4 heteroatoms. The van der Waals surface area contributed by atoms with Crippen molar-refractivity contribution in [3.05, 3.63) is 30.0 Å². The van der Waals surface area contributed by atoms with Crippen LogP contribution in [-0.2, 0) is 0 Å². The maximum Gasteiger partial charge on any atom is 0.253 e. The predicted molar refractivity (Wildman–Crippen MR) is 72.4 cm³/mol. The number of hydrogen-bond donors (Lipinski definition) is 3. The lowest BCUT2D eigenvalue weighted by Gasteiger charge is -2.12. The normalized spacial score (nSPS) is 16.7. The third kappa shape index (κ3) is 1.94. The van der Waals surface area contributed by atoms with Crippen LogP contribution in [0, 0.1) is 5.92 Å². The molecule has 0 spiro atoms. The highest BCUT2D eigenvalue weighted by Gasteiger charge is 2.29. The largest absolute Gasteiger partial charge is 0.399 e. The summed E-state index contributed by atoms with van der Waals surface area (Å²) in [6.45, 7) is 2.07. The number of anilines is 1. The van der Waals surface area contributed by atoms with Gasteiger partial charge in [0, 0.05) is 28.8 Å². The van der Waals surface area contributed by atoms with E-state index in [0.29, 0.717) is 17.2 Å². The quantitative estimate of drug-likeness (QED) is 0.724. The Kier molecular flexibility index (Phi) is 2.51. The molecule has 94 valence electrons. The van der Waals surface area contributed by atoms with Crippen molar-refractivity contribution in [1.29, 1.82) is 0 Å². The summed E-state index contributed by atoms with van der Waals surface area (Å²) in [7, 11) is 0. The fraction of sp³-hybridized carbons (Fsp3) is 0.357. The van der Waals surface area contributed by atoms with Gasteiger partial charge < -0.3 is 16.0 Å². The molecule has 1 aromatic carbocycles. The number of fused-ring (bicyclic) bond motifs is 1. The van der Waals surface area contributed by atoms with Gasteiger partial charge in [0.25, 0.3) is 5.91 Å². The lowest BCUT2D eigenvalue weighted by atomic mass is 10.1. The van der Waals surface area contributed by atoms with Crippen molar-refractivity contribution in [2.45, 2.75) is 25.8 Å². The second-order valence-electron chi connectivity index (χ2n) is 5.11. The predicted octanol–water partition coefficient (Wildman–Crippen LogP) is 2.28. The fourth-order valence-corrected chi connectivity index (χ4v) is 2.33. The van der Waals surface area contributed by atoms with Crippen LogP contribution in [0.4, 0.5) is 5.69 Å². The Morgan fingerprint density at radius 1 is 1.50 bits per heavy atom. The van der Waals surface area contributed by atoms with Crippen LogP contribution in [0.3, 0.4) is 0 Å². The van der Waals surface area contributed by atoms with E-state index in [1.807, 2.05) is 18.2 Å². The minimum absolute atomic E-state index is 0.00887. The molecule has 3 rings (SSSR count). The van der Waals surface area contributed by atoms with Crippen LogP contribution in [0.2, 0.25) is 0 Å². The van der Waals surface area contributed by atoms with Gasteiger partial charge in [0.2, 0.25) is 0 Å². The van der Waals surface area contributed by atoms with Crippen molar-refractivity contribution in [2.24, 2.45) is 5.92 Å². The highest BCUT2D eigenvalue weighted by atomic mass is 16.1. The van der Waals surface area contributed by atoms with Crippen LogP contribution < -0.4 is 11.1 Å². The molecule has 0 saturated heterocycles. The average molecular weight is 243 g/mol. The molecule has 1 fully saturated rings. The van der Waals surface area contributed by atoms with Crippen molar-refractivity contribution >= 4 is 22.5 Å². The molecular weight excluding hydrogens is 226 g/mol. The molecule has 18 heavy (non-hydrogen) atoms. The zero-order chi connectivity index (χ0) is 12.7. The second kappa shape index (κ2) is 4.05. The van der Waals surface area contributed by atoms with Gasteiger partial charge in [0.15, 0.2) is 0 Å². The van der Waals surface area contributed by atoms with E-state index in [-0.39, 0.29) is 11.9 Å². The summed E-state index contributed by atoms with van der Waals surface area (Å²) in [5.41, 5.74) is 8.01. The number of benzene rings is 1. The summed E-state index contributed by atoms with van der Waals surface area (Å²) < 4.78 is 0. The molecule has 1 aliphatic carbocycles. The fourth-order valence-electron chi connectivity index (χ4n) is 2.33. The first kappa shape index (κ1) is 11.1. The maximum absolute atomic E-state index is 12.2. The number of H-pyrrole nitrogens is 1. The minimum atomic E-state index is -0.00887. The second-order valence-corrected chi connectivity index (χ2v) is 5.11. The molecule has 1 unspecified atom stereocenters. The third-order valence-corrected chi connectivity index (χ3v) is 3.64. The smallest absolute Gasteiger partial charge is 0.253 e. The molecular formula is C14H17N3O. The number of aromatic nitrogens is 1. The van der Waals surface area contributed by atoms with Crippen molar-refractivity contribution in [3.63, 3.8) is 0 Å². The maximum atomic E-state index is 12.2. The van der Waals surface area contributed by atoms with Gasteiger partial charge in [0.05, 0.1) is 5.56 Å². The van der Waals surface area contributed by atoms with Gasteiger partial charge in [-0.2, -0.15) is 0 Å². The molecule has 1 atom stereocenters. The van der Waals surface area contributed by atoms with Gasteiger partial charge in [0.1, 0.15) is 0 Å². The van der Waals surface area contributed by atoms with E-state index in [1.165, 1.54) is 12.8 Å². The standard InChI is InChI=1S/C14H17N3O/c1-8(9-2-3-9)17-14(18)12-7-16-13-6-10(15)4-5-11(12)13/h4-9,16H,2-3,15H2,1H3,(H,17,18). The van der Waals surface area contributed by atoms with Gasteiger partial charge in [-0.15, -0.1) is 0 Å². The number of nitrogen functional groups attached to an aromatic ring is 1. The van der Waals surface area contributed by atoms with Crippen LogP contribution in [0.1, 0.15) is 30.1 Å². The third-order valence-electron chi connectivity index (χ3n) is 3.64. The number of hydrogen-bond acceptors (Lipinski definition) is 2. The molecule has 2 aromatic rings. The lowest BCUT2D eigenvalue weighted by molar-refractivity contribution is 0.0937. The summed E-state index contributed by atoms with van der Waals surface area (Å²) in [6, 6.07) is 5.81. The number of rotatable bonds is 3. The van der Waals surface area contributed by atoms with Crippen LogP contribution in [0.25, 0.3) is 10.9 Å². The number of amides is 1. The van der Waals surface area contributed by atoms with E-state index < -0.39 is 0 Å². The van der Waals surface area contributed by atoms with Gasteiger partial charge >= 0.3 is 0 Å². The molecule has 1 aromatic heterocycles. The SMILES string of the molecule is CC(NC(=O)c1c[nH]c2cc(N)ccc12)C1CC1. The van der Waals surface area contributed by atoms with Crippen molar-refractivity contribution in [2.75, 3.05) is 5.73 Å². The van der Waals surface area contributed by atoms with Crippen molar-refractivity contribution < 1.29 is 4.79 Å². The van der Waals surface area contributed by atoms with Gasteiger partial charge in [-0.1, -0.05) is 0 Å². The summed E-state index contributed by atoms with van der Waals surface area (Å²) >= 11 is 0. The summed E-state index contributed by atoms with van der Waals surface area (Å²) in [6.07, 6.45) is 4.21. The Balaban J connectivity index is 1.86. The summed E-state index contributed by atoms with van der Waals surface area (Å²) in [5.74, 6) is 0.653. The number of nitrogens with one attached hydrogen (secondary N) is 2. The Labute approximate surface area is 106 Å². The highest BCUT2D eigenvalue weighted by Crippen LogP contribution is 2.32. The minimum Gasteiger partial charge on any atom is -0.399 e. The molecule has 4 nitrogen and oxygen atoms in total. The zero-order valence-electron chi connectivity index (χ0n) is 10.4. The molecule has 1 heterocycles. The van der Waals surface area contributed by atoms with E-state index >= 15 is 0 Å². The number of carbonyl (C=O) groups excluding carboxylic acids is 1. The van der Waals surface area contributed by atoms with Crippen molar-refractivity contribution in [3.8, 4) is 0 Å². The van der Waals surface area contributed by atoms with Gasteiger partial charge in [-0.25, -0.2) is 0 Å².